The molecule has 1 aromatic heterocycles. The number of rotatable bonds is 4. The molecule has 1 saturated heterocycles. The summed E-state index contributed by atoms with van der Waals surface area (Å²) in [6, 6.07) is 8.26. The van der Waals surface area contributed by atoms with Gasteiger partial charge in [-0.15, -0.1) is 0 Å². The van der Waals surface area contributed by atoms with Crippen LogP contribution in [0.2, 0.25) is 0 Å². The second kappa shape index (κ2) is 6.16. The molecule has 2 heterocycles. The van der Waals surface area contributed by atoms with Crippen LogP contribution in [-0.4, -0.2) is 28.7 Å². The van der Waals surface area contributed by atoms with Crippen molar-refractivity contribution < 1.29 is 4.74 Å². The normalized spacial score (nSPS) is 23.0. The number of hydrogen-bond donors (Lipinski definition) is 1. The number of nitrogens with one attached hydrogen (secondary N) is 1. The average Bonchev–Trinajstić information content (AvgIpc) is 2.87. The van der Waals surface area contributed by atoms with Gasteiger partial charge in [-0.3, -0.25) is 0 Å². The minimum absolute atomic E-state index is 0.0433. The molecule has 0 amide bonds. The van der Waals surface area contributed by atoms with Crippen LogP contribution in [0.4, 0.5) is 0 Å². The Kier molecular flexibility index (Phi) is 4.27. The zero-order valence-electron chi connectivity index (χ0n) is 13.2. The number of aromatic nitrogens is 2. The second-order valence-corrected chi connectivity index (χ2v) is 5.92. The number of aryl methyl sites for hydroxylation is 1. The average molecular weight is 287 g/mol. The summed E-state index contributed by atoms with van der Waals surface area (Å²) in [5.74, 6) is 1.65. The van der Waals surface area contributed by atoms with Crippen molar-refractivity contribution in [2.75, 3.05) is 13.1 Å². The van der Waals surface area contributed by atoms with Gasteiger partial charge in [-0.1, -0.05) is 38.8 Å². The fraction of sp³-hybridized carbons (Fsp3) is 0.588. The second-order valence-electron chi connectivity index (χ2n) is 5.92. The summed E-state index contributed by atoms with van der Waals surface area (Å²) in [5, 5.41) is 3.53. The van der Waals surface area contributed by atoms with Crippen molar-refractivity contribution in [3.63, 3.8) is 0 Å². The zero-order chi connectivity index (χ0) is 14.8. The molecule has 2 unspecified atom stereocenters. The van der Waals surface area contributed by atoms with E-state index in [1.807, 2.05) is 6.07 Å². The number of ether oxygens (including phenoxy) is 1. The monoisotopic (exact) mass is 287 g/mol. The number of fused-ring (bicyclic) bond motifs is 1. The molecule has 4 heteroatoms. The van der Waals surface area contributed by atoms with E-state index >= 15 is 0 Å². The van der Waals surface area contributed by atoms with Gasteiger partial charge in [0.15, 0.2) is 0 Å². The maximum Gasteiger partial charge on any atom is 0.140 e. The topological polar surface area (TPSA) is 39.1 Å². The number of para-hydroxylation sites is 2. The van der Waals surface area contributed by atoms with Crippen molar-refractivity contribution in [3.8, 4) is 0 Å². The van der Waals surface area contributed by atoms with Gasteiger partial charge >= 0.3 is 0 Å². The van der Waals surface area contributed by atoms with Crippen LogP contribution in [0.3, 0.4) is 0 Å². The first-order valence-electron chi connectivity index (χ1n) is 8.02. The van der Waals surface area contributed by atoms with E-state index in [-0.39, 0.29) is 6.10 Å². The molecule has 114 valence electrons. The largest absolute Gasteiger partial charge is 0.364 e. The van der Waals surface area contributed by atoms with Crippen molar-refractivity contribution in [1.82, 2.24) is 14.9 Å². The summed E-state index contributed by atoms with van der Waals surface area (Å²) in [4.78, 5) is 4.78. The van der Waals surface area contributed by atoms with E-state index in [1.165, 1.54) is 5.52 Å². The maximum absolute atomic E-state index is 6.38. The highest BCUT2D eigenvalue weighted by Gasteiger charge is 2.30. The summed E-state index contributed by atoms with van der Waals surface area (Å²) in [7, 11) is 2.08. The predicted octanol–water partition coefficient (Wildman–Crippen LogP) is 3.04. The summed E-state index contributed by atoms with van der Waals surface area (Å²) >= 11 is 0. The Labute approximate surface area is 126 Å². The minimum atomic E-state index is 0.0433. The summed E-state index contributed by atoms with van der Waals surface area (Å²) in [5.41, 5.74) is 2.21. The third-order valence-corrected chi connectivity index (χ3v) is 4.70. The van der Waals surface area contributed by atoms with E-state index in [0.717, 1.165) is 37.3 Å². The van der Waals surface area contributed by atoms with Gasteiger partial charge in [0.05, 0.1) is 17.1 Å². The van der Waals surface area contributed by atoms with Crippen molar-refractivity contribution >= 4 is 11.0 Å². The lowest BCUT2D eigenvalue weighted by atomic mass is 9.95. The molecule has 0 aliphatic carbocycles. The first-order chi connectivity index (χ1) is 10.2. The highest BCUT2D eigenvalue weighted by atomic mass is 16.5. The Morgan fingerprint density at radius 1 is 1.29 bits per heavy atom. The van der Waals surface area contributed by atoms with Crippen LogP contribution in [0.25, 0.3) is 11.0 Å². The number of imidazole rings is 1. The molecular formula is C17H25N3O. The minimum Gasteiger partial charge on any atom is -0.364 e. The third kappa shape index (κ3) is 2.70. The smallest absolute Gasteiger partial charge is 0.140 e. The van der Waals surface area contributed by atoms with E-state index in [0.29, 0.717) is 12.0 Å². The fourth-order valence-corrected chi connectivity index (χ4v) is 3.36. The quantitative estimate of drug-likeness (QED) is 0.939. The Morgan fingerprint density at radius 3 is 2.76 bits per heavy atom. The van der Waals surface area contributed by atoms with Crippen LogP contribution in [0.15, 0.2) is 24.3 Å². The highest BCUT2D eigenvalue weighted by molar-refractivity contribution is 5.75. The molecule has 1 fully saturated rings. The molecule has 1 aromatic carbocycles. The molecule has 2 aromatic rings. The molecule has 0 spiro atoms. The Morgan fingerprint density at radius 2 is 2.05 bits per heavy atom. The van der Waals surface area contributed by atoms with Gasteiger partial charge in [0, 0.05) is 20.1 Å². The van der Waals surface area contributed by atoms with Gasteiger partial charge in [0.1, 0.15) is 11.9 Å². The van der Waals surface area contributed by atoms with Crippen LogP contribution in [-0.2, 0) is 11.8 Å². The van der Waals surface area contributed by atoms with Gasteiger partial charge < -0.3 is 14.6 Å². The van der Waals surface area contributed by atoms with E-state index < -0.39 is 0 Å². The van der Waals surface area contributed by atoms with E-state index in [4.69, 9.17) is 9.72 Å². The standard InChI is InChI=1S/C17H25N3O/c1-4-12(5-2)15-10-18-11-16(21-15)17-19-13-8-6-7-9-14(13)20(17)3/h6-9,12,15-16,18H,4-5,10-11H2,1-3H3. The Bertz CT molecular complexity index is 603. The van der Waals surface area contributed by atoms with Crippen LogP contribution in [0.5, 0.6) is 0 Å². The Hall–Kier alpha value is -1.39. The zero-order valence-corrected chi connectivity index (χ0v) is 13.2. The molecule has 0 bridgehead atoms. The van der Waals surface area contributed by atoms with Crippen molar-refractivity contribution in [3.05, 3.63) is 30.1 Å². The SMILES string of the molecule is CCC(CC)C1CNCC(c2nc3ccccc3n2C)O1. The first kappa shape index (κ1) is 14.5. The Balaban J connectivity index is 1.86. The first-order valence-corrected chi connectivity index (χ1v) is 8.02. The molecule has 21 heavy (non-hydrogen) atoms. The maximum atomic E-state index is 6.38. The molecule has 4 nitrogen and oxygen atoms in total. The lowest BCUT2D eigenvalue weighted by Gasteiger charge is -2.34. The summed E-state index contributed by atoms with van der Waals surface area (Å²) in [6.45, 7) is 6.28. The number of benzene rings is 1. The molecule has 0 radical (unpaired) electrons. The highest BCUT2D eigenvalue weighted by Crippen LogP contribution is 2.28. The molecule has 1 aliphatic rings. The van der Waals surface area contributed by atoms with Gasteiger partial charge in [0.2, 0.25) is 0 Å². The van der Waals surface area contributed by atoms with E-state index in [2.05, 4.69) is 49.0 Å². The summed E-state index contributed by atoms with van der Waals surface area (Å²) < 4.78 is 8.54. The van der Waals surface area contributed by atoms with Crippen molar-refractivity contribution in [2.24, 2.45) is 13.0 Å². The van der Waals surface area contributed by atoms with Crippen LogP contribution >= 0.6 is 0 Å². The van der Waals surface area contributed by atoms with Gasteiger partial charge in [-0.25, -0.2) is 4.98 Å². The fourth-order valence-electron chi connectivity index (χ4n) is 3.36. The molecule has 2 atom stereocenters. The number of hydrogen-bond acceptors (Lipinski definition) is 3. The van der Waals surface area contributed by atoms with Crippen molar-refractivity contribution in [1.29, 1.82) is 0 Å². The van der Waals surface area contributed by atoms with E-state index in [9.17, 15) is 0 Å². The van der Waals surface area contributed by atoms with E-state index in [1.54, 1.807) is 0 Å². The molecule has 1 aliphatic heterocycles. The van der Waals surface area contributed by atoms with Crippen LogP contribution < -0.4 is 5.32 Å². The third-order valence-electron chi connectivity index (χ3n) is 4.70. The van der Waals surface area contributed by atoms with Crippen LogP contribution in [0, 0.1) is 5.92 Å². The molecule has 0 saturated carbocycles. The summed E-state index contributed by atoms with van der Waals surface area (Å²) in [6.07, 6.45) is 2.66. The lowest BCUT2D eigenvalue weighted by molar-refractivity contribution is -0.0731. The molecule has 3 rings (SSSR count). The predicted molar refractivity (Wildman–Crippen MR) is 85.3 cm³/mol. The van der Waals surface area contributed by atoms with Crippen LogP contribution in [0.1, 0.15) is 38.6 Å². The number of nitrogens with zero attached hydrogens (tertiary/aromatic N) is 2. The van der Waals surface area contributed by atoms with Gasteiger partial charge in [-0.05, 0) is 18.1 Å². The van der Waals surface area contributed by atoms with Gasteiger partial charge in [-0.2, -0.15) is 0 Å². The van der Waals surface area contributed by atoms with Crippen molar-refractivity contribution in [2.45, 2.75) is 38.9 Å². The number of morpholine rings is 1. The molecular weight excluding hydrogens is 262 g/mol. The molecule has 1 N–H and O–H groups in total. The van der Waals surface area contributed by atoms with Gasteiger partial charge in [0.25, 0.3) is 0 Å². The lowest BCUT2D eigenvalue weighted by Crippen LogP contribution is -2.44.